The molecule has 0 radical (unpaired) electrons. The van der Waals surface area contributed by atoms with Gasteiger partial charge >= 0.3 is 5.97 Å². The fourth-order valence-electron chi connectivity index (χ4n) is 0.415. The van der Waals surface area contributed by atoms with Gasteiger partial charge in [-0.25, -0.2) is 4.79 Å². The quantitative estimate of drug-likeness (QED) is 0.370. The van der Waals surface area contributed by atoms with Crippen molar-refractivity contribution >= 4 is 5.97 Å². The van der Waals surface area contributed by atoms with Gasteiger partial charge in [0.15, 0.2) is 0 Å². The summed E-state index contributed by atoms with van der Waals surface area (Å²) in [5.41, 5.74) is 0. The lowest BCUT2D eigenvalue weighted by Gasteiger charge is -1.96. The average Bonchev–Trinajstić information content (AvgIpc) is 1.82. The maximum atomic E-state index is 10.6. The van der Waals surface area contributed by atoms with Crippen LogP contribution in [0.5, 0.6) is 0 Å². The summed E-state index contributed by atoms with van der Waals surface area (Å²) in [6.45, 7) is 3.73. The number of rotatable bonds is 3. The van der Waals surface area contributed by atoms with E-state index in [1.807, 2.05) is 6.92 Å². The number of aliphatic hydroxyl groups excluding tert-OH is 1. The van der Waals surface area contributed by atoms with Gasteiger partial charge in [0, 0.05) is 0 Å². The summed E-state index contributed by atoms with van der Waals surface area (Å²) in [4.78, 5) is 10.6. The zero-order valence-electron chi connectivity index (χ0n) is 6.26. The number of esters is 1. The molecule has 0 aliphatic heterocycles. The highest BCUT2D eigenvalue weighted by Crippen LogP contribution is 1.88. The molecule has 0 aliphatic rings. The maximum Gasteiger partial charge on any atom is 0.334 e. The number of aliphatic hydroxyl groups is 1. The van der Waals surface area contributed by atoms with Crippen LogP contribution in [-0.4, -0.2) is 17.7 Å². The minimum Gasteiger partial charge on any atom is -0.512 e. The third-order valence-electron chi connectivity index (χ3n) is 0.775. The summed E-state index contributed by atoms with van der Waals surface area (Å²) in [5.74, 6) is -0.511. The zero-order valence-corrected chi connectivity index (χ0v) is 6.26. The summed E-state index contributed by atoms with van der Waals surface area (Å²) in [5, 5.41) is 8.58. The predicted molar refractivity (Wildman–Crippen MR) is 37.6 cm³/mol. The summed E-state index contributed by atoms with van der Waals surface area (Å²) in [6, 6.07) is 0. The zero-order chi connectivity index (χ0) is 7.98. The second-order valence-corrected chi connectivity index (χ2v) is 1.95. The normalized spacial score (nSPS) is 11.2. The first-order valence-electron chi connectivity index (χ1n) is 3.20. The van der Waals surface area contributed by atoms with E-state index in [1.165, 1.54) is 6.92 Å². The van der Waals surface area contributed by atoms with Crippen molar-refractivity contribution in [3.8, 4) is 0 Å². The number of carbonyl (C=O) groups excluding carboxylic acids is 1. The second-order valence-electron chi connectivity index (χ2n) is 1.95. The van der Waals surface area contributed by atoms with Gasteiger partial charge in [0.2, 0.25) is 0 Å². The number of hydrogen-bond acceptors (Lipinski definition) is 3. The van der Waals surface area contributed by atoms with Gasteiger partial charge in [-0.3, -0.25) is 0 Å². The molecular formula is C7H12O3. The van der Waals surface area contributed by atoms with Crippen LogP contribution in [0, 0.1) is 0 Å². The Morgan fingerprint density at radius 1 is 1.70 bits per heavy atom. The Labute approximate surface area is 60.3 Å². The van der Waals surface area contributed by atoms with E-state index in [0.717, 1.165) is 12.5 Å². The van der Waals surface area contributed by atoms with E-state index in [1.54, 1.807) is 0 Å². The van der Waals surface area contributed by atoms with Crippen LogP contribution in [0.15, 0.2) is 11.8 Å². The fourth-order valence-corrected chi connectivity index (χ4v) is 0.415. The third-order valence-corrected chi connectivity index (χ3v) is 0.775. The van der Waals surface area contributed by atoms with E-state index in [9.17, 15) is 4.79 Å². The Hall–Kier alpha value is -0.990. The van der Waals surface area contributed by atoms with E-state index < -0.39 is 5.97 Å². The molecule has 1 N–H and O–H groups in total. The molecule has 0 fully saturated rings. The van der Waals surface area contributed by atoms with Crippen molar-refractivity contribution in [2.75, 3.05) is 6.61 Å². The number of allylic oxidation sites excluding steroid dienone is 1. The van der Waals surface area contributed by atoms with Crippen molar-refractivity contribution in [3.63, 3.8) is 0 Å². The molecule has 10 heavy (non-hydrogen) atoms. The van der Waals surface area contributed by atoms with Gasteiger partial charge in [0.25, 0.3) is 0 Å². The first-order valence-corrected chi connectivity index (χ1v) is 3.20. The smallest absolute Gasteiger partial charge is 0.334 e. The lowest BCUT2D eigenvalue weighted by atomic mass is 10.5. The van der Waals surface area contributed by atoms with Gasteiger partial charge < -0.3 is 9.84 Å². The van der Waals surface area contributed by atoms with E-state index in [4.69, 9.17) is 5.11 Å². The van der Waals surface area contributed by atoms with Crippen molar-refractivity contribution < 1.29 is 14.6 Å². The second kappa shape index (κ2) is 4.85. The number of carbonyl (C=O) groups is 1. The summed E-state index contributed by atoms with van der Waals surface area (Å²) >= 11 is 0. The molecule has 0 saturated carbocycles. The Balaban J connectivity index is 3.54. The first kappa shape index (κ1) is 9.01. The molecule has 0 aliphatic carbocycles. The van der Waals surface area contributed by atoms with Crippen LogP contribution in [0.4, 0.5) is 0 Å². The van der Waals surface area contributed by atoms with Crippen molar-refractivity contribution in [1.82, 2.24) is 0 Å². The van der Waals surface area contributed by atoms with Crippen LogP contribution in [0.3, 0.4) is 0 Å². The molecule has 0 atom stereocenters. The van der Waals surface area contributed by atoms with E-state index in [0.29, 0.717) is 6.61 Å². The van der Waals surface area contributed by atoms with E-state index in [-0.39, 0.29) is 5.76 Å². The summed E-state index contributed by atoms with van der Waals surface area (Å²) in [6.07, 6.45) is 1.85. The average molecular weight is 144 g/mol. The maximum absolute atomic E-state index is 10.6. The van der Waals surface area contributed by atoms with E-state index >= 15 is 0 Å². The van der Waals surface area contributed by atoms with Crippen LogP contribution < -0.4 is 0 Å². The lowest BCUT2D eigenvalue weighted by molar-refractivity contribution is -0.137. The molecule has 0 amide bonds. The fraction of sp³-hybridized carbons (Fsp3) is 0.571. The van der Waals surface area contributed by atoms with Crippen molar-refractivity contribution in [1.29, 1.82) is 0 Å². The van der Waals surface area contributed by atoms with Crippen LogP contribution in [0.2, 0.25) is 0 Å². The van der Waals surface area contributed by atoms with Crippen LogP contribution >= 0.6 is 0 Å². The highest BCUT2D eigenvalue weighted by atomic mass is 16.5. The lowest BCUT2D eigenvalue weighted by Crippen LogP contribution is -2.01. The highest BCUT2D eigenvalue weighted by Gasteiger charge is 1.95. The van der Waals surface area contributed by atoms with Gasteiger partial charge in [0.1, 0.15) is 0 Å². The number of hydrogen-bond donors (Lipinski definition) is 1. The Bertz CT molecular complexity index is 134. The molecule has 3 heteroatoms. The topological polar surface area (TPSA) is 46.5 Å². The van der Waals surface area contributed by atoms with Gasteiger partial charge in [-0.15, -0.1) is 0 Å². The molecule has 0 aromatic rings. The standard InChI is InChI=1S/C7H12O3/c1-3-4-10-7(9)5-6(2)8/h5,8H,3-4H2,1-2H3. The summed E-state index contributed by atoms with van der Waals surface area (Å²) < 4.78 is 4.63. The molecule has 0 unspecified atom stereocenters. The first-order chi connectivity index (χ1) is 4.66. The molecule has 0 aromatic heterocycles. The molecular weight excluding hydrogens is 132 g/mol. The van der Waals surface area contributed by atoms with Gasteiger partial charge in [-0.1, -0.05) is 6.92 Å². The SMILES string of the molecule is CCCOC(=O)C=C(C)O. The molecule has 58 valence electrons. The molecule has 0 rings (SSSR count). The largest absolute Gasteiger partial charge is 0.512 e. The molecule has 0 saturated heterocycles. The third kappa shape index (κ3) is 5.15. The molecule has 0 spiro atoms. The molecule has 0 aromatic carbocycles. The predicted octanol–water partition coefficient (Wildman–Crippen LogP) is 1.40. The van der Waals surface area contributed by atoms with Gasteiger partial charge in [-0.2, -0.15) is 0 Å². The monoisotopic (exact) mass is 144 g/mol. The van der Waals surface area contributed by atoms with Gasteiger partial charge in [-0.05, 0) is 13.3 Å². The van der Waals surface area contributed by atoms with Crippen LogP contribution in [0.1, 0.15) is 20.3 Å². The summed E-state index contributed by atoms with van der Waals surface area (Å²) in [7, 11) is 0. The number of ether oxygens (including phenoxy) is 1. The minimum absolute atomic E-state index is 0.0268. The van der Waals surface area contributed by atoms with Crippen LogP contribution in [0.25, 0.3) is 0 Å². The Morgan fingerprint density at radius 3 is 2.70 bits per heavy atom. The van der Waals surface area contributed by atoms with E-state index in [2.05, 4.69) is 4.74 Å². The van der Waals surface area contributed by atoms with Crippen molar-refractivity contribution in [2.45, 2.75) is 20.3 Å². The molecule has 0 bridgehead atoms. The van der Waals surface area contributed by atoms with Crippen molar-refractivity contribution in [3.05, 3.63) is 11.8 Å². The molecule has 0 heterocycles. The van der Waals surface area contributed by atoms with Gasteiger partial charge in [0.05, 0.1) is 18.4 Å². The Kier molecular flexibility index (Phi) is 4.37. The highest BCUT2D eigenvalue weighted by molar-refractivity contribution is 5.82. The Morgan fingerprint density at radius 2 is 2.30 bits per heavy atom. The van der Waals surface area contributed by atoms with Crippen LogP contribution in [-0.2, 0) is 9.53 Å². The van der Waals surface area contributed by atoms with Crippen molar-refractivity contribution in [2.24, 2.45) is 0 Å². The minimum atomic E-state index is -0.484. The molecule has 3 nitrogen and oxygen atoms in total.